The van der Waals surface area contributed by atoms with Crippen molar-refractivity contribution in [2.24, 2.45) is 0 Å². The zero-order chi connectivity index (χ0) is 11.5. The summed E-state index contributed by atoms with van der Waals surface area (Å²) in [5.74, 6) is -0.410. The van der Waals surface area contributed by atoms with Crippen LogP contribution in [-0.2, 0) is 0 Å². The van der Waals surface area contributed by atoms with Gasteiger partial charge < -0.3 is 5.11 Å². The third-order valence-corrected chi connectivity index (χ3v) is 2.36. The topological polar surface area (TPSA) is 105 Å². The fourth-order valence-electron chi connectivity index (χ4n) is 0.959. The van der Waals surface area contributed by atoms with E-state index in [0.717, 1.165) is 11.8 Å². The van der Waals surface area contributed by atoms with E-state index in [1.54, 1.807) is 6.92 Å². The molecule has 0 atom stereocenters. The van der Waals surface area contributed by atoms with Crippen molar-refractivity contribution in [3.05, 3.63) is 23.8 Å². The minimum Gasteiger partial charge on any atom is -0.477 e. The molecule has 0 unspecified atom stereocenters. The second-order valence-corrected chi connectivity index (χ2v) is 3.77. The van der Waals surface area contributed by atoms with Gasteiger partial charge in [0.05, 0.1) is 0 Å². The molecule has 7 nitrogen and oxygen atoms in total. The van der Waals surface area contributed by atoms with E-state index < -0.39 is 5.97 Å². The molecule has 2 aromatic rings. The van der Waals surface area contributed by atoms with E-state index in [1.165, 1.54) is 12.3 Å². The maximum absolute atomic E-state index is 10.7. The maximum Gasteiger partial charge on any atom is 0.354 e. The molecule has 2 rings (SSSR count). The van der Waals surface area contributed by atoms with Crippen LogP contribution in [0.15, 0.2) is 22.6 Å². The lowest BCUT2D eigenvalue weighted by atomic mass is 10.4. The van der Waals surface area contributed by atoms with Crippen molar-refractivity contribution < 1.29 is 9.90 Å². The van der Waals surface area contributed by atoms with Crippen molar-refractivity contribution >= 4 is 17.7 Å². The molecule has 0 aliphatic carbocycles. The van der Waals surface area contributed by atoms with Gasteiger partial charge in [-0.3, -0.25) is 5.10 Å². The SMILES string of the molecule is Cc1nc(Sc2nccc(C(=O)O)n2)n[nH]1. The highest BCUT2D eigenvalue weighted by Gasteiger charge is 2.09. The van der Waals surface area contributed by atoms with Crippen LogP contribution >= 0.6 is 11.8 Å². The highest BCUT2D eigenvalue weighted by atomic mass is 32.2. The first-order valence-electron chi connectivity index (χ1n) is 4.28. The number of hydrogen-bond acceptors (Lipinski definition) is 6. The first-order chi connectivity index (χ1) is 7.65. The number of nitrogens with zero attached hydrogens (tertiary/aromatic N) is 4. The van der Waals surface area contributed by atoms with E-state index in [1.807, 2.05) is 0 Å². The van der Waals surface area contributed by atoms with Gasteiger partial charge in [0.15, 0.2) is 10.9 Å². The fraction of sp³-hybridized carbons (Fsp3) is 0.125. The smallest absolute Gasteiger partial charge is 0.354 e. The molecule has 0 aliphatic rings. The van der Waals surface area contributed by atoms with E-state index in [4.69, 9.17) is 5.11 Å². The van der Waals surface area contributed by atoms with Crippen molar-refractivity contribution in [1.29, 1.82) is 0 Å². The van der Waals surface area contributed by atoms with Crippen LogP contribution in [-0.4, -0.2) is 36.2 Å². The number of carboxylic acids is 1. The molecule has 2 aromatic heterocycles. The number of aromatic nitrogens is 5. The van der Waals surface area contributed by atoms with E-state index in [2.05, 4.69) is 25.1 Å². The first kappa shape index (κ1) is 10.6. The van der Waals surface area contributed by atoms with Crippen molar-refractivity contribution in [2.45, 2.75) is 17.2 Å². The lowest BCUT2D eigenvalue weighted by Gasteiger charge is -1.96. The Labute approximate surface area is 94.4 Å². The molecule has 0 spiro atoms. The van der Waals surface area contributed by atoms with Gasteiger partial charge in [-0.25, -0.2) is 19.7 Å². The number of carbonyl (C=O) groups is 1. The normalized spacial score (nSPS) is 10.3. The van der Waals surface area contributed by atoms with Gasteiger partial charge in [0.25, 0.3) is 0 Å². The van der Waals surface area contributed by atoms with Gasteiger partial charge in [0.1, 0.15) is 5.82 Å². The Morgan fingerprint density at radius 1 is 1.44 bits per heavy atom. The molecule has 16 heavy (non-hydrogen) atoms. The van der Waals surface area contributed by atoms with Crippen LogP contribution in [0.3, 0.4) is 0 Å². The summed E-state index contributed by atoms with van der Waals surface area (Å²) in [6.07, 6.45) is 1.39. The number of aromatic amines is 1. The summed E-state index contributed by atoms with van der Waals surface area (Å²) in [5.41, 5.74) is -0.0512. The Bertz CT molecular complexity index is 527. The molecular formula is C8H7N5O2S. The number of aryl methyl sites for hydroxylation is 1. The molecule has 0 saturated heterocycles. The van der Waals surface area contributed by atoms with E-state index >= 15 is 0 Å². The van der Waals surface area contributed by atoms with Gasteiger partial charge >= 0.3 is 5.97 Å². The van der Waals surface area contributed by atoms with Crippen molar-refractivity contribution in [3.8, 4) is 0 Å². The predicted octanol–water partition coefficient (Wildman–Crippen LogP) is 0.753. The molecule has 2 N–H and O–H groups in total. The summed E-state index contributed by atoms with van der Waals surface area (Å²) in [7, 11) is 0. The Hall–Kier alpha value is -1.96. The van der Waals surface area contributed by atoms with Crippen molar-refractivity contribution in [3.63, 3.8) is 0 Å². The summed E-state index contributed by atoms with van der Waals surface area (Å²) in [5, 5.41) is 16.1. The van der Waals surface area contributed by atoms with Gasteiger partial charge in [0, 0.05) is 6.20 Å². The van der Waals surface area contributed by atoms with Crippen LogP contribution in [0.5, 0.6) is 0 Å². The predicted molar refractivity (Wildman–Crippen MR) is 54.2 cm³/mol. The number of aromatic carboxylic acids is 1. The molecule has 0 aromatic carbocycles. The summed E-state index contributed by atoms with van der Waals surface area (Å²) in [6, 6.07) is 1.33. The highest BCUT2D eigenvalue weighted by Crippen LogP contribution is 2.19. The van der Waals surface area contributed by atoms with Crippen LogP contribution in [0.25, 0.3) is 0 Å². The Balaban J connectivity index is 2.21. The third kappa shape index (κ3) is 2.34. The highest BCUT2D eigenvalue weighted by molar-refractivity contribution is 7.99. The molecule has 0 amide bonds. The zero-order valence-corrected chi connectivity index (χ0v) is 9.02. The minimum atomic E-state index is -1.09. The molecule has 0 aliphatic heterocycles. The standard InChI is InChI=1S/C8H7N5O2S/c1-4-10-8(13-12-4)16-7-9-3-2-5(11-7)6(14)15/h2-3H,1H3,(H,14,15)(H,10,12,13). The summed E-state index contributed by atoms with van der Waals surface area (Å²) >= 11 is 1.10. The Morgan fingerprint density at radius 3 is 2.88 bits per heavy atom. The second-order valence-electron chi connectivity index (χ2n) is 2.84. The Morgan fingerprint density at radius 2 is 2.25 bits per heavy atom. The number of carboxylic acid groups (broad SMARTS) is 1. The average Bonchev–Trinajstić information content (AvgIpc) is 2.64. The lowest BCUT2D eigenvalue weighted by molar-refractivity contribution is 0.0689. The number of hydrogen-bond donors (Lipinski definition) is 2. The van der Waals surface area contributed by atoms with Gasteiger partial charge in [-0.2, -0.15) is 0 Å². The summed E-state index contributed by atoms with van der Waals surface area (Å²) in [6.45, 7) is 1.77. The van der Waals surface area contributed by atoms with Crippen LogP contribution in [0.4, 0.5) is 0 Å². The number of rotatable bonds is 3. The largest absolute Gasteiger partial charge is 0.477 e. The minimum absolute atomic E-state index is 0.0512. The molecule has 82 valence electrons. The van der Waals surface area contributed by atoms with E-state index in [9.17, 15) is 4.79 Å². The lowest BCUT2D eigenvalue weighted by Crippen LogP contribution is -2.01. The molecule has 0 fully saturated rings. The third-order valence-electron chi connectivity index (χ3n) is 1.61. The van der Waals surface area contributed by atoms with E-state index in [-0.39, 0.29) is 5.69 Å². The van der Waals surface area contributed by atoms with Crippen LogP contribution in [0, 0.1) is 6.92 Å². The molecule has 0 saturated carbocycles. The fourth-order valence-corrected chi connectivity index (χ4v) is 1.65. The van der Waals surface area contributed by atoms with Crippen molar-refractivity contribution in [1.82, 2.24) is 25.1 Å². The van der Waals surface area contributed by atoms with E-state index in [0.29, 0.717) is 16.1 Å². The molecule has 0 radical (unpaired) electrons. The number of H-pyrrole nitrogens is 1. The van der Waals surface area contributed by atoms with Gasteiger partial charge in [-0.15, -0.1) is 5.10 Å². The zero-order valence-electron chi connectivity index (χ0n) is 8.21. The molecule has 8 heteroatoms. The average molecular weight is 237 g/mol. The van der Waals surface area contributed by atoms with Gasteiger partial charge in [0.2, 0.25) is 5.16 Å². The first-order valence-corrected chi connectivity index (χ1v) is 5.10. The number of nitrogens with one attached hydrogen (secondary N) is 1. The van der Waals surface area contributed by atoms with Gasteiger partial charge in [-0.1, -0.05) is 0 Å². The second kappa shape index (κ2) is 4.27. The Kier molecular flexibility index (Phi) is 2.82. The maximum atomic E-state index is 10.7. The quantitative estimate of drug-likeness (QED) is 0.759. The van der Waals surface area contributed by atoms with Gasteiger partial charge in [-0.05, 0) is 24.8 Å². The monoisotopic (exact) mass is 237 g/mol. The molecule has 2 heterocycles. The van der Waals surface area contributed by atoms with Crippen molar-refractivity contribution in [2.75, 3.05) is 0 Å². The summed E-state index contributed by atoms with van der Waals surface area (Å²) in [4.78, 5) is 22.5. The van der Waals surface area contributed by atoms with Crippen LogP contribution < -0.4 is 0 Å². The molecule has 0 bridgehead atoms. The van der Waals surface area contributed by atoms with Crippen LogP contribution in [0.1, 0.15) is 16.3 Å². The summed E-state index contributed by atoms with van der Waals surface area (Å²) < 4.78 is 0. The molecular weight excluding hydrogens is 230 g/mol. The van der Waals surface area contributed by atoms with Crippen LogP contribution in [0.2, 0.25) is 0 Å².